The van der Waals surface area contributed by atoms with Crippen molar-refractivity contribution in [2.24, 2.45) is 5.92 Å². The van der Waals surface area contributed by atoms with Crippen molar-refractivity contribution in [1.29, 1.82) is 0 Å². The molecule has 0 fully saturated rings. The molecule has 1 aromatic heterocycles. The number of hydrogen-bond donors (Lipinski definition) is 0. The van der Waals surface area contributed by atoms with Gasteiger partial charge in [0.15, 0.2) is 5.82 Å². The Morgan fingerprint density at radius 2 is 1.96 bits per heavy atom. The van der Waals surface area contributed by atoms with Crippen LogP contribution in [0.1, 0.15) is 48.9 Å². The highest BCUT2D eigenvalue weighted by Crippen LogP contribution is 2.22. The van der Waals surface area contributed by atoms with E-state index in [2.05, 4.69) is 25.8 Å². The van der Waals surface area contributed by atoms with Crippen molar-refractivity contribution >= 4 is 16.9 Å². The predicted octanol–water partition coefficient (Wildman–Crippen LogP) is 5.19. The summed E-state index contributed by atoms with van der Waals surface area (Å²) in [5.41, 5.74) is 2.88. The Balaban J connectivity index is 2.00. The highest BCUT2D eigenvalue weighted by molar-refractivity contribution is 5.94. The van der Waals surface area contributed by atoms with Crippen molar-refractivity contribution < 1.29 is 9.18 Å². The first kappa shape index (κ1) is 20.1. The molecule has 2 aromatic carbocycles. The van der Waals surface area contributed by atoms with Crippen LogP contribution in [-0.4, -0.2) is 26.9 Å². The van der Waals surface area contributed by atoms with Crippen molar-refractivity contribution in [2.45, 2.75) is 47.2 Å². The molecule has 3 aromatic rings. The van der Waals surface area contributed by atoms with E-state index in [4.69, 9.17) is 0 Å². The fourth-order valence-electron chi connectivity index (χ4n) is 3.55. The molecule has 0 radical (unpaired) electrons. The van der Waals surface area contributed by atoms with Crippen LogP contribution in [0.25, 0.3) is 11.0 Å². The number of hydrogen-bond acceptors (Lipinski definition) is 2. The largest absolute Gasteiger partial charge is 0.331 e. The van der Waals surface area contributed by atoms with Gasteiger partial charge in [-0.1, -0.05) is 44.5 Å². The lowest BCUT2D eigenvalue weighted by molar-refractivity contribution is 0.0716. The van der Waals surface area contributed by atoms with E-state index in [0.29, 0.717) is 30.1 Å². The Labute approximate surface area is 166 Å². The third-order valence-electron chi connectivity index (χ3n) is 4.73. The summed E-state index contributed by atoms with van der Waals surface area (Å²) in [5.74, 6) is 0.695. The normalized spacial score (nSPS) is 11.4. The van der Waals surface area contributed by atoms with Gasteiger partial charge >= 0.3 is 0 Å². The van der Waals surface area contributed by atoms with Gasteiger partial charge in [0.25, 0.3) is 5.91 Å². The van der Waals surface area contributed by atoms with Crippen LogP contribution in [0.2, 0.25) is 0 Å². The van der Waals surface area contributed by atoms with Crippen LogP contribution in [0.15, 0.2) is 42.5 Å². The Hall–Kier alpha value is -2.69. The maximum Gasteiger partial charge on any atom is 0.254 e. The van der Waals surface area contributed by atoms with E-state index in [1.807, 2.05) is 46.7 Å². The molecule has 0 aliphatic rings. The lowest BCUT2D eigenvalue weighted by Crippen LogP contribution is -2.34. The lowest BCUT2D eigenvalue weighted by atomic mass is 10.1. The number of carbonyl (C=O) groups is 1. The number of fused-ring (bicyclic) bond motifs is 1. The Bertz CT molecular complexity index is 977. The molecular weight excluding hydrogens is 353 g/mol. The second-order valence-corrected chi connectivity index (χ2v) is 7.74. The second-order valence-electron chi connectivity index (χ2n) is 7.74. The summed E-state index contributed by atoms with van der Waals surface area (Å²) in [7, 11) is 0. The summed E-state index contributed by atoms with van der Waals surface area (Å²) < 4.78 is 16.3. The highest BCUT2D eigenvalue weighted by Gasteiger charge is 2.21. The number of para-hydroxylation sites is 1. The maximum absolute atomic E-state index is 14.3. The molecule has 0 aliphatic heterocycles. The molecule has 1 heterocycles. The van der Waals surface area contributed by atoms with E-state index >= 15 is 0 Å². The molecule has 1 amide bonds. The SMILES string of the molecule is CCCn1c(CN(CC(C)C)C(=O)c2cccc(C)c2)nc2c(F)cccc21. The summed E-state index contributed by atoms with van der Waals surface area (Å²) in [6, 6.07) is 12.7. The monoisotopic (exact) mass is 381 g/mol. The molecular formula is C23H28FN3O. The second kappa shape index (κ2) is 8.55. The standard InChI is InChI=1S/C23H28FN3O/c1-5-12-27-20-11-7-10-19(24)22(20)25-21(27)15-26(14-16(2)3)23(28)18-9-6-8-17(4)13-18/h6-11,13,16H,5,12,14-15H2,1-4H3. The quantitative estimate of drug-likeness (QED) is 0.565. The van der Waals surface area contributed by atoms with Crippen molar-refractivity contribution in [3.8, 4) is 0 Å². The van der Waals surface area contributed by atoms with Crippen molar-refractivity contribution in [3.05, 3.63) is 65.2 Å². The summed E-state index contributed by atoms with van der Waals surface area (Å²) >= 11 is 0. The predicted molar refractivity (Wildman–Crippen MR) is 111 cm³/mol. The molecule has 0 saturated carbocycles. The number of aromatic nitrogens is 2. The van der Waals surface area contributed by atoms with Crippen LogP contribution in [-0.2, 0) is 13.1 Å². The molecule has 3 rings (SSSR count). The topological polar surface area (TPSA) is 38.1 Å². The van der Waals surface area contributed by atoms with Crippen LogP contribution in [0.3, 0.4) is 0 Å². The fourth-order valence-corrected chi connectivity index (χ4v) is 3.55. The lowest BCUT2D eigenvalue weighted by Gasteiger charge is -2.25. The van der Waals surface area contributed by atoms with Crippen LogP contribution < -0.4 is 0 Å². The molecule has 0 N–H and O–H groups in total. The Morgan fingerprint density at radius 3 is 2.64 bits per heavy atom. The minimum atomic E-state index is -0.325. The minimum absolute atomic E-state index is 0.0204. The van der Waals surface area contributed by atoms with Crippen LogP contribution in [0, 0.1) is 18.7 Å². The van der Waals surface area contributed by atoms with Crippen LogP contribution in [0.5, 0.6) is 0 Å². The average Bonchev–Trinajstić information content (AvgIpc) is 2.99. The molecule has 0 spiro atoms. The molecule has 0 atom stereocenters. The Morgan fingerprint density at radius 1 is 1.21 bits per heavy atom. The number of amides is 1. The molecule has 5 heteroatoms. The fraction of sp³-hybridized carbons (Fsp3) is 0.391. The van der Waals surface area contributed by atoms with Crippen molar-refractivity contribution in [2.75, 3.05) is 6.54 Å². The summed E-state index contributed by atoms with van der Waals surface area (Å²) in [5, 5.41) is 0. The number of benzene rings is 2. The van der Waals surface area contributed by atoms with E-state index in [0.717, 1.165) is 29.9 Å². The van der Waals surface area contributed by atoms with Gasteiger partial charge in [-0.05, 0) is 43.5 Å². The third kappa shape index (κ3) is 4.24. The number of aryl methyl sites for hydroxylation is 2. The summed E-state index contributed by atoms with van der Waals surface area (Å²) in [4.78, 5) is 19.6. The molecule has 4 nitrogen and oxygen atoms in total. The van der Waals surface area contributed by atoms with Crippen LogP contribution in [0.4, 0.5) is 4.39 Å². The van der Waals surface area contributed by atoms with Crippen molar-refractivity contribution in [1.82, 2.24) is 14.5 Å². The zero-order chi connectivity index (χ0) is 20.3. The molecule has 148 valence electrons. The Kier molecular flexibility index (Phi) is 6.12. The minimum Gasteiger partial charge on any atom is -0.331 e. The van der Waals surface area contributed by atoms with E-state index < -0.39 is 0 Å². The number of rotatable bonds is 7. The van der Waals surface area contributed by atoms with Crippen molar-refractivity contribution in [3.63, 3.8) is 0 Å². The van der Waals surface area contributed by atoms with Gasteiger partial charge in [-0.15, -0.1) is 0 Å². The molecule has 0 aliphatic carbocycles. The first-order chi connectivity index (χ1) is 13.4. The van der Waals surface area contributed by atoms with Gasteiger partial charge in [-0.2, -0.15) is 0 Å². The van der Waals surface area contributed by atoms with Crippen LogP contribution >= 0.6 is 0 Å². The molecule has 0 bridgehead atoms. The van der Waals surface area contributed by atoms with Gasteiger partial charge < -0.3 is 9.47 Å². The third-order valence-corrected chi connectivity index (χ3v) is 4.73. The van der Waals surface area contributed by atoms with Gasteiger partial charge in [0.1, 0.15) is 11.3 Å². The smallest absolute Gasteiger partial charge is 0.254 e. The number of carbonyl (C=O) groups excluding carboxylic acids is 1. The highest BCUT2D eigenvalue weighted by atomic mass is 19.1. The number of halogens is 1. The van der Waals surface area contributed by atoms with E-state index in [1.54, 1.807) is 6.07 Å². The number of imidazole rings is 1. The van der Waals surface area contributed by atoms with Gasteiger partial charge in [-0.3, -0.25) is 4.79 Å². The number of nitrogens with zero attached hydrogens (tertiary/aromatic N) is 3. The first-order valence-corrected chi connectivity index (χ1v) is 9.90. The molecule has 28 heavy (non-hydrogen) atoms. The van der Waals surface area contributed by atoms with Gasteiger partial charge in [0.05, 0.1) is 12.1 Å². The first-order valence-electron chi connectivity index (χ1n) is 9.90. The molecule has 0 saturated heterocycles. The van der Waals surface area contributed by atoms with E-state index in [1.165, 1.54) is 6.07 Å². The summed E-state index contributed by atoms with van der Waals surface area (Å²) in [6.45, 7) is 9.95. The maximum atomic E-state index is 14.3. The van der Waals surface area contributed by atoms with Gasteiger partial charge in [0, 0.05) is 18.7 Å². The molecule has 0 unspecified atom stereocenters. The van der Waals surface area contributed by atoms with Gasteiger partial charge in [0.2, 0.25) is 0 Å². The summed E-state index contributed by atoms with van der Waals surface area (Å²) in [6.07, 6.45) is 0.908. The zero-order valence-electron chi connectivity index (χ0n) is 17.1. The zero-order valence-corrected chi connectivity index (χ0v) is 17.1. The van der Waals surface area contributed by atoms with Gasteiger partial charge in [-0.25, -0.2) is 9.37 Å². The average molecular weight is 381 g/mol. The van der Waals surface area contributed by atoms with E-state index in [-0.39, 0.29) is 11.7 Å². The van der Waals surface area contributed by atoms with E-state index in [9.17, 15) is 9.18 Å².